The van der Waals surface area contributed by atoms with E-state index in [1.54, 1.807) is 35.0 Å². The van der Waals surface area contributed by atoms with Crippen LogP contribution in [-0.2, 0) is 6.54 Å². The number of para-hydroxylation sites is 1. The quantitative estimate of drug-likeness (QED) is 0.687. The van der Waals surface area contributed by atoms with Gasteiger partial charge in [-0.15, -0.1) is 0 Å². The lowest BCUT2D eigenvalue weighted by Gasteiger charge is -2.17. The van der Waals surface area contributed by atoms with Crippen LogP contribution in [0.1, 0.15) is 27.2 Å². The van der Waals surface area contributed by atoms with Gasteiger partial charge in [-0.3, -0.25) is 4.79 Å². The molecule has 0 spiro atoms. The van der Waals surface area contributed by atoms with E-state index in [1.165, 1.54) is 13.2 Å². The number of hydrogen-bond donors (Lipinski definition) is 0. The molecule has 0 radical (unpaired) electrons. The number of amides is 1. The van der Waals surface area contributed by atoms with Gasteiger partial charge < -0.3 is 9.64 Å². The van der Waals surface area contributed by atoms with Crippen molar-refractivity contribution in [2.24, 2.45) is 0 Å². The summed E-state index contributed by atoms with van der Waals surface area (Å²) >= 11 is 0. The van der Waals surface area contributed by atoms with Gasteiger partial charge in [-0.1, -0.05) is 24.3 Å². The molecule has 0 bridgehead atoms. The highest BCUT2D eigenvalue weighted by molar-refractivity contribution is 5.95. The minimum absolute atomic E-state index is 0.163. The molecular formula is C21H22FN3O2. The average Bonchev–Trinajstić information content (AvgIpc) is 3.03. The van der Waals surface area contributed by atoms with Crippen molar-refractivity contribution in [2.45, 2.75) is 20.4 Å². The van der Waals surface area contributed by atoms with E-state index in [9.17, 15) is 9.18 Å². The summed E-state index contributed by atoms with van der Waals surface area (Å²) in [5, 5.41) is 4.39. The number of hydrogen-bond acceptors (Lipinski definition) is 3. The van der Waals surface area contributed by atoms with Gasteiger partial charge in [-0.25, -0.2) is 9.07 Å². The largest absolute Gasteiger partial charge is 0.494 e. The zero-order chi connectivity index (χ0) is 19.6. The van der Waals surface area contributed by atoms with Crippen molar-refractivity contribution in [1.82, 2.24) is 14.7 Å². The van der Waals surface area contributed by atoms with Gasteiger partial charge in [0.05, 0.1) is 30.3 Å². The number of rotatable bonds is 5. The highest BCUT2D eigenvalue weighted by atomic mass is 19.1. The molecule has 0 atom stereocenters. The summed E-state index contributed by atoms with van der Waals surface area (Å²) in [7, 11) is 3.11. The summed E-state index contributed by atoms with van der Waals surface area (Å²) in [4.78, 5) is 14.4. The number of methoxy groups -OCH3 is 1. The van der Waals surface area contributed by atoms with E-state index in [4.69, 9.17) is 4.74 Å². The number of carbonyl (C=O) groups is 1. The van der Waals surface area contributed by atoms with Gasteiger partial charge in [0.25, 0.3) is 5.91 Å². The number of ether oxygens (including phenoxy) is 1. The molecule has 1 aromatic heterocycles. The van der Waals surface area contributed by atoms with Crippen LogP contribution in [0.25, 0.3) is 5.69 Å². The monoisotopic (exact) mass is 367 g/mol. The van der Waals surface area contributed by atoms with Crippen molar-refractivity contribution in [3.05, 3.63) is 76.9 Å². The van der Waals surface area contributed by atoms with E-state index < -0.39 is 5.82 Å². The Morgan fingerprint density at radius 3 is 2.63 bits per heavy atom. The van der Waals surface area contributed by atoms with Crippen molar-refractivity contribution < 1.29 is 13.9 Å². The first-order valence-electron chi connectivity index (χ1n) is 8.61. The van der Waals surface area contributed by atoms with Crippen LogP contribution < -0.4 is 4.74 Å². The van der Waals surface area contributed by atoms with E-state index in [1.807, 2.05) is 38.1 Å². The summed E-state index contributed by atoms with van der Waals surface area (Å²) < 4.78 is 20.6. The van der Waals surface area contributed by atoms with Crippen LogP contribution in [0.5, 0.6) is 5.75 Å². The van der Waals surface area contributed by atoms with Crippen LogP contribution in [0, 0.1) is 19.7 Å². The summed E-state index contributed by atoms with van der Waals surface area (Å²) in [6.45, 7) is 4.16. The molecule has 0 N–H and O–H groups in total. The molecule has 0 aliphatic carbocycles. The second-order valence-electron chi connectivity index (χ2n) is 6.47. The van der Waals surface area contributed by atoms with E-state index in [-0.39, 0.29) is 18.2 Å². The third-order valence-electron chi connectivity index (χ3n) is 4.57. The Labute approximate surface area is 158 Å². The van der Waals surface area contributed by atoms with Crippen molar-refractivity contribution in [1.29, 1.82) is 0 Å². The molecule has 3 rings (SSSR count). The summed E-state index contributed by atoms with van der Waals surface area (Å²) in [6, 6.07) is 12.6. The molecule has 6 heteroatoms. The van der Waals surface area contributed by atoms with Crippen LogP contribution in [0.4, 0.5) is 4.39 Å². The van der Waals surface area contributed by atoms with Gasteiger partial charge in [0.15, 0.2) is 11.6 Å². The number of nitrogens with zero attached hydrogens (tertiary/aromatic N) is 3. The standard InChI is InChI=1S/C21H22FN3O2/c1-14-7-5-6-8-19(14)25-15(2)17(12-23-25)21(26)24(3)13-16-9-10-20(27-4)18(22)11-16/h5-12H,13H2,1-4H3. The van der Waals surface area contributed by atoms with Crippen LogP contribution in [-0.4, -0.2) is 34.7 Å². The second kappa shape index (κ2) is 7.61. The number of benzene rings is 2. The molecule has 5 nitrogen and oxygen atoms in total. The molecule has 0 aliphatic rings. The van der Waals surface area contributed by atoms with Crippen LogP contribution in [0.2, 0.25) is 0 Å². The average molecular weight is 367 g/mol. The molecule has 3 aromatic rings. The lowest BCUT2D eigenvalue weighted by molar-refractivity contribution is 0.0784. The first-order valence-corrected chi connectivity index (χ1v) is 8.61. The maximum Gasteiger partial charge on any atom is 0.257 e. The van der Waals surface area contributed by atoms with Crippen molar-refractivity contribution >= 4 is 5.91 Å². The molecule has 1 heterocycles. The first kappa shape index (κ1) is 18.6. The molecule has 0 saturated carbocycles. The van der Waals surface area contributed by atoms with Crippen LogP contribution in [0.3, 0.4) is 0 Å². The van der Waals surface area contributed by atoms with Crippen molar-refractivity contribution in [2.75, 3.05) is 14.2 Å². The summed E-state index contributed by atoms with van der Waals surface area (Å²) in [6.07, 6.45) is 1.58. The second-order valence-corrected chi connectivity index (χ2v) is 6.47. The first-order chi connectivity index (χ1) is 12.9. The van der Waals surface area contributed by atoms with Gasteiger partial charge in [0.1, 0.15) is 0 Å². The molecule has 2 aromatic carbocycles. The van der Waals surface area contributed by atoms with Crippen LogP contribution >= 0.6 is 0 Å². The van der Waals surface area contributed by atoms with Gasteiger partial charge in [-0.05, 0) is 43.2 Å². The molecule has 0 unspecified atom stereocenters. The number of halogens is 1. The maximum absolute atomic E-state index is 13.9. The third-order valence-corrected chi connectivity index (χ3v) is 4.57. The SMILES string of the molecule is COc1ccc(CN(C)C(=O)c2cnn(-c3ccccc3C)c2C)cc1F. The molecule has 0 saturated heterocycles. The molecule has 140 valence electrons. The molecule has 1 amide bonds. The molecular weight excluding hydrogens is 345 g/mol. The van der Waals surface area contributed by atoms with E-state index in [0.29, 0.717) is 11.1 Å². The Kier molecular flexibility index (Phi) is 5.26. The predicted molar refractivity (Wildman–Crippen MR) is 102 cm³/mol. The van der Waals surface area contributed by atoms with Crippen LogP contribution in [0.15, 0.2) is 48.7 Å². The lowest BCUT2D eigenvalue weighted by atomic mass is 10.1. The number of carbonyl (C=O) groups excluding carboxylic acids is 1. The topological polar surface area (TPSA) is 47.4 Å². The molecule has 27 heavy (non-hydrogen) atoms. The fraction of sp³-hybridized carbons (Fsp3) is 0.238. The Bertz CT molecular complexity index is 981. The summed E-state index contributed by atoms with van der Waals surface area (Å²) in [5.74, 6) is -0.425. The summed E-state index contributed by atoms with van der Waals surface area (Å²) in [5.41, 5.74) is 3.99. The Hall–Kier alpha value is -3.15. The van der Waals surface area contributed by atoms with E-state index in [0.717, 1.165) is 16.9 Å². The Morgan fingerprint density at radius 2 is 1.96 bits per heavy atom. The van der Waals surface area contributed by atoms with Crippen molar-refractivity contribution in [3.8, 4) is 11.4 Å². The van der Waals surface area contributed by atoms with Gasteiger partial charge >= 0.3 is 0 Å². The lowest BCUT2D eigenvalue weighted by Crippen LogP contribution is -2.26. The molecule has 0 fully saturated rings. The smallest absolute Gasteiger partial charge is 0.257 e. The minimum Gasteiger partial charge on any atom is -0.494 e. The third kappa shape index (κ3) is 3.69. The van der Waals surface area contributed by atoms with E-state index >= 15 is 0 Å². The predicted octanol–water partition coefficient (Wildman–Crippen LogP) is 3.91. The highest BCUT2D eigenvalue weighted by Gasteiger charge is 2.19. The highest BCUT2D eigenvalue weighted by Crippen LogP contribution is 2.21. The fourth-order valence-electron chi connectivity index (χ4n) is 3.02. The fourth-order valence-corrected chi connectivity index (χ4v) is 3.02. The number of aromatic nitrogens is 2. The minimum atomic E-state index is -0.445. The van der Waals surface area contributed by atoms with E-state index in [2.05, 4.69) is 5.10 Å². The van der Waals surface area contributed by atoms with Gasteiger partial charge in [0, 0.05) is 13.6 Å². The number of aryl methyl sites for hydroxylation is 1. The zero-order valence-corrected chi connectivity index (χ0v) is 15.9. The van der Waals surface area contributed by atoms with Gasteiger partial charge in [-0.2, -0.15) is 5.10 Å². The Balaban J connectivity index is 1.82. The Morgan fingerprint density at radius 1 is 1.22 bits per heavy atom. The maximum atomic E-state index is 13.9. The normalized spacial score (nSPS) is 10.7. The van der Waals surface area contributed by atoms with Gasteiger partial charge in [0.2, 0.25) is 0 Å². The molecule has 0 aliphatic heterocycles. The van der Waals surface area contributed by atoms with Crippen molar-refractivity contribution in [3.63, 3.8) is 0 Å². The zero-order valence-electron chi connectivity index (χ0n) is 15.9.